The lowest BCUT2D eigenvalue weighted by Crippen LogP contribution is -2.25. The van der Waals surface area contributed by atoms with E-state index >= 15 is 0 Å². The molecule has 0 bridgehead atoms. The highest BCUT2D eigenvalue weighted by molar-refractivity contribution is 5.96. The Morgan fingerprint density at radius 2 is 1.65 bits per heavy atom. The summed E-state index contributed by atoms with van der Waals surface area (Å²) >= 11 is 0. The summed E-state index contributed by atoms with van der Waals surface area (Å²) in [5.41, 5.74) is 2.06. The van der Waals surface area contributed by atoms with Gasteiger partial charge in [-0.15, -0.1) is 0 Å². The highest BCUT2D eigenvalue weighted by atomic mass is 16.6. The highest BCUT2D eigenvalue weighted by Gasteiger charge is 2.14. The van der Waals surface area contributed by atoms with Crippen LogP contribution in [0.25, 0.3) is 11.1 Å². The number of Topliss-reactive ketones (excluding diaryl/α,β-unsaturated/α-hetero) is 1. The molecule has 2 aromatic carbocycles. The van der Waals surface area contributed by atoms with Crippen LogP contribution in [-0.2, 0) is 6.54 Å². The average molecular weight is 348 g/mol. The zero-order chi connectivity index (χ0) is 18.7. The number of carbonyl (C=O) groups excluding carboxylic acids is 1. The molecule has 0 atom stereocenters. The van der Waals surface area contributed by atoms with E-state index in [4.69, 9.17) is 0 Å². The SMILES string of the molecule is Cc1cc([N+](=O)[O-])cn(CC(=O)c2ccc(-c3ccccc3)cc2)c1=O. The number of pyridine rings is 1. The monoisotopic (exact) mass is 348 g/mol. The molecule has 0 aliphatic heterocycles. The summed E-state index contributed by atoms with van der Waals surface area (Å²) in [6.07, 6.45) is 1.10. The predicted octanol–water partition coefficient (Wildman–Crippen LogP) is 3.61. The third-order valence-corrected chi connectivity index (χ3v) is 4.09. The normalized spacial score (nSPS) is 10.5. The molecule has 1 aromatic heterocycles. The van der Waals surface area contributed by atoms with Crippen LogP contribution in [0.15, 0.2) is 71.7 Å². The van der Waals surface area contributed by atoms with Crippen molar-refractivity contribution in [1.29, 1.82) is 0 Å². The largest absolute Gasteiger partial charge is 0.301 e. The minimum absolute atomic E-state index is 0.214. The molecule has 0 saturated carbocycles. The fourth-order valence-corrected chi connectivity index (χ4v) is 2.71. The zero-order valence-electron chi connectivity index (χ0n) is 14.1. The van der Waals surface area contributed by atoms with E-state index in [0.29, 0.717) is 5.56 Å². The molecule has 0 amide bonds. The molecule has 0 unspecified atom stereocenters. The Morgan fingerprint density at radius 3 is 2.27 bits per heavy atom. The first-order valence-corrected chi connectivity index (χ1v) is 8.00. The molecule has 6 heteroatoms. The van der Waals surface area contributed by atoms with Crippen molar-refractivity contribution < 1.29 is 9.72 Å². The number of nitro groups is 1. The summed E-state index contributed by atoms with van der Waals surface area (Å²) in [4.78, 5) is 35.0. The van der Waals surface area contributed by atoms with E-state index in [1.807, 2.05) is 42.5 Å². The third-order valence-electron chi connectivity index (χ3n) is 4.09. The van der Waals surface area contributed by atoms with Gasteiger partial charge in [0.05, 0.1) is 17.7 Å². The smallest absolute Gasteiger partial charge is 0.286 e. The summed E-state index contributed by atoms with van der Waals surface area (Å²) in [5.74, 6) is -0.286. The van der Waals surface area contributed by atoms with Gasteiger partial charge in [-0.1, -0.05) is 54.6 Å². The van der Waals surface area contributed by atoms with Crippen LogP contribution in [-0.4, -0.2) is 15.3 Å². The van der Waals surface area contributed by atoms with Gasteiger partial charge in [0.25, 0.3) is 11.2 Å². The van der Waals surface area contributed by atoms with E-state index in [1.54, 1.807) is 12.1 Å². The minimum Gasteiger partial charge on any atom is -0.301 e. The van der Waals surface area contributed by atoms with Gasteiger partial charge >= 0.3 is 0 Å². The van der Waals surface area contributed by atoms with Crippen LogP contribution < -0.4 is 5.56 Å². The summed E-state index contributed by atoms with van der Waals surface area (Å²) in [6.45, 7) is 1.25. The Hall–Kier alpha value is -3.54. The van der Waals surface area contributed by atoms with Crippen LogP contribution >= 0.6 is 0 Å². The predicted molar refractivity (Wildman–Crippen MR) is 98.3 cm³/mol. The van der Waals surface area contributed by atoms with Gasteiger partial charge in [0.2, 0.25) is 0 Å². The Balaban J connectivity index is 1.85. The topological polar surface area (TPSA) is 82.2 Å². The Morgan fingerprint density at radius 1 is 1.04 bits per heavy atom. The van der Waals surface area contributed by atoms with Crippen molar-refractivity contribution in [2.75, 3.05) is 0 Å². The van der Waals surface area contributed by atoms with Gasteiger partial charge in [0.15, 0.2) is 5.78 Å². The number of benzene rings is 2. The molecule has 0 aliphatic carbocycles. The maximum absolute atomic E-state index is 12.5. The summed E-state index contributed by atoms with van der Waals surface area (Å²) in [6, 6.07) is 18.0. The lowest BCUT2D eigenvalue weighted by molar-refractivity contribution is -0.385. The third kappa shape index (κ3) is 3.59. The molecule has 0 saturated heterocycles. The van der Waals surface area contributed by atoms with Crippen LogP contribution in [0.5, 0.6) is 0 Å². The van der Waals surface area contributed by atoms with Gasteiger partial charge < -0.3 is 4.57 Å². The molecule has 130 valence electrons. The van der Waals surface area contributed by atoms with Crippen molar-refractivity contribution in [2.24, 2.45) is 0 Å². The first-order chi connectivity index (χ1) is 12.5. The number of aromatic nitrogens is 1. The standard InChI is InChI=1S/C20H16N2O4/c1-14-11-18(22(25)26)12-21(20(14)24)13-19(23)17-9-7-16(8-10-17)15-5-3-2-4-6-15/h2-12H,13H2,1H3. The van der Waals surface area contributed by atoms with Crippen molar-refractivity contribution in [3.8, 4) is 11.1 Å². The minimum atomic E-state index is -0.581. The number of carbonyl (C=O) groups is 1. The fraction of sp³-hybridized carbons (Fsp3) is 0.100. The number of aryl methyl sites for hydroxylation is 1. The summed E-state index contributed by atoms with van der Waals surface area (Å²) in [7, 11) is 0. The molecule has 26 heavy (non-hydrogen) atoms. The van der Waals surface area contributed by atoms with E-state index in [2.05, 4.69) is 0 Å². The quantitative estimate of drug-likeness (QED) is 0.401. The molecule has 0 radical (unpaired) electrons. The van der Waals surface area contributed by atoms with Gasteiger partial charge in [-0.2, -0.15) is 0 Å². The number of ketones is 1. The molecule has 3 aromatic rings. The number of hydrogen-bond acceptors (Lipinski definition) is 4. The number of rotatable bonds is 5. The van der Waals surface area contributed by atoms with Crippen LogP contribution in [0.1, 0.15) is 15.9 Å². The van der Waals surface area contributed by atoms with Crippen LogP contribution in [0.2, 0.25) is 0 Å². The van der Waals surface area contributed by atoms with Crippen molar-refractivity contribution in [3.63, 3.8) is 0 Å². The second-order valence-corrected chi connectivity index (χ2v) is 5.94. The van der Waals surface area contributed by atoms with Crippen LogP contribution in [0.3, 0.4) is 0 Å². The Kier molecular flexibility index (Phi) is 4.75. The van der Waals surface area contributed by atoms with Crippen molar-refractivity contribution in [3.05, 3.63) is 98.5 Å². The first-order valence-electron chi connectivity index (χ1n) is 8.00. The summed E-state index contributed by atoms with van der Waals surface area (Å²) < 4.78 is 1.08. The van der Waals surface area contributed by atoms with Gasteiger partial charge in [-0.25, -0.2) is 0 Å². The molecule has 6 nitrogen and oxygen atoms in total. The Bertz CT molecular complexity index is 1020. The number of nitrogens with zero attached hydrogens (tertiary/aromatic N) is 2. The van der Waals surface area contributed by atoms with Crippen LogP contribution in [0.4, 0.5) is 5.69 Å². The van der Waals surface area contributed by atoms with E-state index < -0.39 is 10.5 Å². The molecule has 0 aliphatic rings. The average Bonchev–Trinajstić information content (AvgIpc) is 2.66. The van der Waals surface area contributed by atoms with E-state index in [9.17, 15) is 19.7 Å². The second kappa shape index (κ2) is 7.14. The lowest BCUT2D eigenvalue weighted by atomic mass is 10.0. The molecule has 0 N–H and O–H groups in total. The maximum Gasteiger partial charge on any atom is 0.286 e. The Labute approximate surface area is 149 Å². The molecular weight excluding hydrogens is 332 g/mol. The van der Waals surface area contributed by atoms with E-state index in [-0.39, 0.29) is 23.6 Å². The molecular formula is C20H16N2O4. The second-order valence-electron chi connectivity index (χ2n) is 5.94. The molecule has 0 spiro atoms. The maximum atomic E-state index is 12.5. The van der Waals surface area contributed by atoms with Gasteiger partial charge in [-0.3, -0.25) is 19.7 Å². The van der Waals surface area contributed by atoms with Crippen molar-refractivity contribution in [1.82, 2.24) is 4.57 Å². The van der Waals surface area contributed by atoms with E-state index in [0.717, 1.165) is 21.9 Å². The summed E-state index contributed by atoms with van der Waals surface area (Å²) in [5, 5.41) is 10.9. The fourth-order valence-electron chi connectivity index (χ4n) is 2.71. The van der Waals surface area contributed by atoms with Crippen molar-refractivity contribution in [2.45, 2.75) is 13.5 Å². The van der Waals surface area contributed by atoms with Gasteiger partial charge in [0, 0.05) is 17.2 Å². The number of hydrogen-bond donors (Lipinski definition) is 0. The highest BCUT2D eigenvalue weighted by Crippen LogP contribution is 2.19. The van der Waals surface area contributed by atoms with Gasteiger partial charge in [-0.05, 0) is 18.1 Å². The van der Waals surface area contributed by atoms with Crippen molar-refractivity contribution >= 4 is 11.5 Å². The van der Waals surface area contributed by atoms with Crippen LogP contribution in [0, 0.1) is 17.0 Å². The zero-order valence-corrected chi connectivity index (χ0v) is 14.1. The molecule has 1 heterocycles. The van der Waals surface area contributed by atoms with Gasteiger partial charge in [0.1, 0.15) is 0 Å². The van der Waals surface area contributed by atoms with E-state index in [1.165, 1.54) is 13.0 Å². The first kappa shape index (κ1) is 17.3. The molecule has 0 fully saturated rings. The molecule has 3 rings (SSSR count). The lowest BCUT2D eigenvalue weighted by Gasteiger charge is -2.07.